The fourth-order valence-corrected chi connectivity index (χ4v) is 2.71. The lowest BCUT2D eigenvalue weighted by Gasteiger charge is -2.32. The lowest BCUT2D eigenvalue weighted by molar-refractivity contribution is 0.509. The van der Waals surface area contributed by atoms with Crippen molar-refractivity contribution >= 4 is 17.8 Å². The largest absolute Gasteiger partial charge is 0.357 e. The lowest BCUT2D eigenvalue weighted by Crippen LogP contribution is -2.40. The third-order valence-electron chi connectivity index (χ3n) is 4.02. The number of rotatable bonds is 5. The van der Waals surface area contributed by atoms with E-state index >= 15 is 0 Å². The van der Waals surface area contributed by atoms with Gasteiger partial charge >= 0.3 is 0 Å². The fourth-order valence-electron chi connectivity index (χ4n) is 2.71. The minimum atomic E-state index is 0.118. The Morgan fingerprint density at radius 3 is 2.40 bits per heavy atom. The zero-order valence-electron chi connectivity index (χ0n) is 13.3. The van der Waals surface area contributed by atoms with E-state index in [9.17, 15) is 0 Å². The van der Waals surface area contributed by atoms with E-state index in [1.54, 1.807) is 0 Å². The van der Waals surface area contributed by atoms with Crippen LogP contribution in [0.5, 0.6) is 0 Å². The maximum absolute atomic E-state index is 4.69. The van der Waals surface area contributed by atoms with Gasteiger partial charge in [0.2, 0.25) is 17.8 Å². The summed E-state index contributed by atoms with van der Waals surface area (Å²) in [6, 6.07) is 0. The van der Waals surface area contributed by atoms with Crippen molar-refractivity contribution in [2.75, 3.05) is 41.8 Å². The summed E-state index contributed by atoms with van der Waals surface area (Å²) in [6.45, 7) is 11.5. The first-order chi connectivity index (χ1) is 9.51. The van der Waals surface area contributed by atoms with Gasteiger partial charge in [-0.1, -0.05) is 0 Å². The molecule has 6 heteroatoms. The second kappa shape index (κ2) is 5.81. The van der Waals surface area contributed by atoms with Crippen molar-refractivity contribution in [3.8, 4) is 0 Å². The highest BCUT2D eigenvalue weighted by molar-refractivity contribution is 5.47. The lowest BCUT2D eigenvalue weighted by atomic mass is 10.0. The van der Waals surface area contributed by atoms with Crippen LogP contribution in [-0.2, 0) is 0 Å². The van der Waals surface area contributed by atoms with E-state index in [0.29, 0.717) is 5.95 Å². The Bertz CT molecular complexity index is 455. The van der Waals surface area contributed by atoms with Gasteiger partial charge in [0.1, 0.15) is 0 Å². The zero-order valence-corrected chi connectivity index (χ0v) is 13.3. The highest BCUT2D eigenvalue weighted by atomic mass is 15.4. The summed E-state index contributed by atoms with van der Waals surface area (Å²) in [6.07, 6.45) is 2.36. The van der Waals surface area contributed by atoms with Crippen molar-refractivity contribution in [3.63, 3.8) is 0 Å². The van der Waals surface area contributed by atoms with Gasteiger partial charge in [0.15, 0.2) is 0 Å². The molecular formula is C14H26N6. The molecule has 1 saturated heterocycles. The molecule has 0 amide bonds. The molecule has 1 aromatic heterocycles. The number of hydrogen-bond acceptors (Lipinski definition) is 6. The third-order valence-corrected chi connectivity index (χ3v) is 4.02. The minimum absolute atomic E-state index is 0.118. The second-order valence-corrected chi connectivity index (χ2v) is 5.75. The summed E-state index contributed by atoms with van der Waals surface area (Å²) in [4.78, 5) is 18.2. The van der Waals surface area contributed by atoms with Gasteiger partial charge in [0, 0.05) is 32.2 Å². The quantitative estimate of drug-likeness (QED) is 0.890. The van der Waals surface area contributed by atoms with E-state index in [1.165, 1.54) is 12.8 Å². The topological polar surface area (TPSA) is 57.2 Å². The molecule has 0 atom stereocenters. The molecular weight excluding hydrogens is 252 g/mol. The predicted octanol–water partition coefficient (Wildman–Crippen LogP) is 2.14. The smallest absolute Gasteiger partial charge is 0.232 e. The Labute approximate surface area is 121 Å². The molecule has 2 rings (SSSR count). The van der Waals surface area contributed by atoms with Gasteiger partial charge in [0.05, 0.1) is 0 Å². The van der Waals surface area contributed by atoms with Gasteiger partial charge in [-0.05, 0) is 40.5 Å². The van der Waals surface area contributed by atoms with Crippen LogP contribution in [0, 0.1) is 0 Å². The first-order valence-corrected chi connectivity index (χ1v) is 7.48. The third kappa shape index (κ3) is 2.78. The first-order valence-electron chi connectivity index (χ1n) is 7.48. The highest BCUT2D eigenvalue weighted by Crippen LogP contribution is 2.32. The van der Waals surface area contributed by atoms with Crippen LogP contribution in [0.3, 0.4) is 0 Å². The summed E-state index contributed by atoms with van der Waals surface area (Å²) in [5.41, 5.74) is 0.118. The summed E-state index contributed by atoms with van der Waals surface area (Å²) in [7, 11) is 1.85. The molecule has 112 valence electrons. The number of anilines is 3. The van der Waals surface area contributed by atoms with Gasteiger partial charge < -0.3 is 15.1 Å². The van der Waals surface area contributed by atoms with E-state index in [0.717, 1.165) is 31.5 Å². The predicted molar refractivity (Wildman–Crippen MR) is 83.6 cm³/mol. The summed E-state index contributed by atoms with van der Waals surface area (Å²) >= 11 is 0. The van der Waals surface area contributed by atoms with Gasteiger partial charge in [-0.25, -0.2) is 0 Å². The molecule has 0 aliphatic carbocycles. The van der Waals surface area contributed by atoms with Gasteiger partial charge in [-0.3, -0.25) is 0 Å². The number of nitrogens with zero attached hydrogens (tertiary/aromatic N) is 5. The molecule has 0 saturated carbocycles. The molecule has 0 unspecified atom stereocenters. The second-order valence-electron chi connectivity index (χ2n) is 5.75. The summed E-state index contributed by atoms with van der Waals surface area (Å²) in [5, 5.41) is 3.05. The molecule has 1 fully saturated rings. The molecule has 0 aromatic carbocycles. The van der Waals surface area contributed by atoms with Crippen LogP contribution in [0.2, 0.25) is 0 Å². The monoisotopic (exact) mass is 278 g/mol. The molecule has 1 aliphatic rings. The molecule has 20 heavy (non-hydrogen) atoms. The van der Waals surface area contributed by atoms with Crippen molar-refractivity contribution in [2.45, 2.75) is 46.1 Å². The molecule has 2 heterocycles. The van der Waals surface area contributed by atoms with Crippen LogP contribution in [0.1, 0.15) is 40.5 Å². The van der Waals surface area contributed by atoms with E-state index in [1.807, 2.05) is 7.05 Å². The number of nitrogens with one attached hydrogen (secondary N) is 1. The Balaban J connectivity index is 2.40. The molecule has 0 bridgehead atoms. The first kappa shape index (κ1) is 14.8. The van der Waals surface area contributed by atoms with Crippen LogP contribution in [0.4, 0.5) is 17.8 Å². The summed E-state index contributed by atoms with van der Waals surface area (Å²) < 4.78 is 0. The van der Waals surface area contributed by atoms with Gasteiger partial charge in [-0.15, -0.1) is 0 Å². The van der Waals surface area contributed by atoms with E-state index in [4.69, 9.17) is 4.98 Å². The van der Waals surface area contributed by atoms with E-state index < -0.39 is 0 Å². The van der Waals surface area contributed by atoms with Crippen molar-refractivity contribution in [3.05, 3.63) is 0 Å². The van der Waals surface area contributed by atoms with Crippen LogP contribution in [0.25, 0.3) is 0 Å². The maximum Gasteiger partial charge on any atom is 0.232 e. The number of hydrogen-bond donors (Lipinski definition) is 1. The van der Waals surface area contributed by atoms with Crippen molar-refractivity contribution in [1.29, 1.82) is 0 Å². The Morgan fingerprint density at radius 2 is 1.90 bits per heavy atom. The Hall–Kier alpha value is -1.59. The minimum Gasteiger partial charge on any atom is -0.357 e. The molecule has 1 N–H and O–H groups in total. The highest BCUT2D eigenvalue weighted by Gasteiger charge is 2.34. The van der Waals surface area contributed by atoms with Crippen LogP contribution in [0.15, 0.2) is 0 Å². The van der Waals surface area contributed by atoms with Crippen molar-refractivity contribution < 1.29 is 0 Å². The Kier molecular flexibility index (Phi) is 4.30. The average molecular weight is 278 g/mol. The van der Waals surface area contributed by atoms with Crippen LogP contribution in [-0.4, -0.2) is 47.2 Å². The standard InChI is InChI=1S/C14H26N6/c1-6-19(7-2)12-16-11(15-5)17-13(18-12)20-10-8-9-14(20,3)4/h6-10H2,1-5H3,(H,15,16,17,18). The molecule has 1 aromatic rings. The average Bonchev–Trinajstić information content (AvgIpc) is 2.79. The maximum atomic E-state index is 4.69. The van der Waals surface area contributed by atoms with E-state index in [-0.39, 0.29) is 5.54 Å². The van der Waals surface area contributed by atoms with Gasteiger partial charge in [0.25, 0.3) is 0 Å². The normalized spacial score (nSPS) is 17.4. The fraction of sp³-hybridized carbons (Fsp3) is 0.786. The molecule has 1 aliphatic heterocycles. The van der Waals surface area contributed by atoms with Crippen LogP contribution < -0.4 is 15.1 Å². The van der Waals surface area contributed by atoms with E-state index in [2.05, 4.69) is 52.8 Å². The SMILES string of the molecule is CCN(CC)c1nc(NC)nc(N2CCCC2(C)C)n1. The van der Waals surface area contributed by atoms with Crippen molar-refractivity contribution in [2.24, 2.45) is 0 Å². The summed E-state index contributed by atoms with van der Waals surface area (Å²) in [5.74, 6) is 2.18. The zero-order chi connectivity index (χ0) is 14.8. The Morgan fingerprint density at radius 1 is 1.20 bits per heavy atom. The molecule has 0 radical (unpaired) electrons. The van der Waals surface area contributed by atoms with Crippen LogP contribution >= 0.6 is 0 Å². The molecule has 6 nitrogen and oxygen atoms in total. The van der Waals surface area contributed by atoms with Crippen molar-refractivity contribution in [1.82, 2.24) is 15.0 Å². The molecule has 0 spiro atoms. The number of aromatic nitrogens is 3. The van der Waals surface area contributed by atoms with Gasteiger partial charge in [-0.2, -0.15) is 15.0 Å².